The number of amides is 1. The fourth-order valence-corrected chi connectivity index (χ4v) is 4.58. The Morgan fingerprint density at radius 2 is 1.77 bits per heavy atom. The van der Waals surface area contributed by atoms with Gasteiger partial charge in [0.1, 0.15) is 17.3 Å². The molecule has 1 aromatic carbocycles. The van der Waals surface area contributed by atoms with E-state index in [1.54, 1.807) is 24.8 Å². The van der Waals surface area contributed by atoms with Crippen LogP contribution in [0.5, 0.6) is 0 Å². The van der Waals surface area contributed by atoms with Gasteiger partial charge in [-0.3, -0.25) is 4.79 Å². The Kier molecular flexibility index (Phi) is 5.15. The molecule has 1 aliphatic heterocycles. The second-order valence-electron chi connectivity index (χ2n) is 6.33. The molecular weight excluding hydrogens is 359 g/mol. The van der Waals surface area contributed by atoms with Gasteiger partial charge in [0.15, 0.2) is 0 Å². The van der Waals surface area contributed by atoms with Gasteiger partial charge in [0.25, 0.3) is 5.91 Å². The fourth-order valence-electron chi connectivity index (χ4n) is 3.11. The minimum atomic E-state index is -3.71. The number of rotatable bonds is 3. The number of carbonyl (C=O) groups excluding carboxylic acids is 1. The van der Waals surface area contributed by atoms with E-state index in [0.29, 0.717) is 43.1 Å². The van der Waals surface area contributed by atoms with Crippen molar-refractivity contribution in [1.82, 2.24) is 9.21 Å². The number of hydrogen-bond acceptors (Lipinski definition) is 4. The van der Waals surface area contributed by atoms with Crippen molar-refractivity contribution in [3.63, 3.8) is 0 Å². The number of halogens is 1. The molecule has 2 aromatic rings. The highest BCUT2D eigenvalue weighted by molar-refractivity contribution is 7.89. The number of aryl methyl sites for hydroxylation is 2. The lowest BCUT2D eigenvalue weighted by Crippen LogP contribution is -2.37. The van der Waals surface area contributed by atoms with E-state index in [9.17, 15) is 17.6 Å². The third kappa shape index (κ3) is 3.66. The molecule has 0 atom stereocenters. The van der Waals surface area contributed by atoms with Gasteiger partial charge in [0.2, 0.25) is 10.0 Å². The van der Waals surface area contributed by atoms with Crippen LogP contribution in [-0.2, 0) is 10.0 Å². The second kappa shape index (κ2) is 7.20. The maximum atomic E-state index is 13.1. The van der Waals surface area contributed by atoms with Crippen molar-refractivity contribution >= 4 is 15.9 Å². The number of hydrogen-bond donors (Lipinski definition) is 0. The molecule has 140 valence electrons. The Hall–Kier alpha value is -2.19. The van der Waals surface area contributed by atoms with Crippen molar-refractivity contribution in [2.75, 3.05) is 26.2 Å². The Labute approximate surface area is 152 Å². The molecule has 2 heterocycles. The maximum Gasteiger partial charge on any atom is 0.257 e. The van der Waals surface area contributed by atoms with Gasteiger partial charge in [0, 0.05) is 26.2 Å². The van der Waals surface area contributed by atoms with Crippen molar-refractivity contribution in [3.8, 4) is 0 Å². The molecule has 0 bridgehead atoms. The van der Waals surface area contributed by atoms with Gasteiger partial charge in [-0.1, -0.05) is 0 Å². The molecule has 0 spiro atoms. The topological polar surface area (TPSA) is 70.8 Å². The zero-order chi connectivity index (χ0) is 18.9. The summed E-state index contributed by atoms with van der Waals surface area (Å²) in [4.78, 5) is 14.4. The lowest BCUT2D eigenvalue weighted by atomic mass is 10.2. The quantitative estimate of drug-likeness (QED) is 0.821. The summed E-state index contributed by atoms with van der Waals surface area (Å²) < 4.78 is 45.3. The van der Waals surface area contributed by atoms with Gasteiger partial charge in [-0.25, -0.2) is 12.8 Å². The minimum absolute atomic E-state index is 0.0555. The van der Waals surface area contributed by atoms with E-state index in [1.165, 1.54) is 16.4 Å². The van der Waals surface area contributed by atoms with Crippen LogP contribution in [0.4, 0.5) is 4.39 Å². The number of benzene rings is 1. The Morgan fingerprint density at radius 3 is 2.38 bits per heavy atom. The third-order valence-corrected chi connectivity index (χ3v) is 6.38. The molecule has 0 aliphatic carbocycles. The first-order valence-corrected chi connectivity index (χ1v) is 9.85. The van der Waals surface area contributed by atoms with Gasteiger partial charge in [-0.15, -0.1) is 0 Å². The summed E-state index contributed by atoms with van der Waals surface area (Å²) in [7, 11) is -3.71. The normalized spacial score (nSPS) is 16.5. The van der Waals surface area contributed by atoms with Crippen molar-refractivity contribution in [2.24, 2.45) is 0 Å². The molecule has 26 heavy (non-hydrogen) atoms. The molecule has 1 aromatic heterocycles. The van der Waals surface area contributed by atoms with Gasteiger partial charge in [-0.05, 0) is 50.6 Å². The largest absolute Gasteiger partial charge is 0.466 e. The third-order valence-electron chi connectivity index (χ3n) is 4.46. The molecule has 1 saturated heterocycles. The lowest BCUT2D eigenvalue weighted by molar-refractivity contribution is 0.0762. The zero-order valence-corrected chi connectivity index (χ0v) is 15.6. The summed E-state index contributed by atoms with van der Waals surface area (Å²) in [6.07, 6.45) is 0.530. The van der Waals surface area contributed by atoms with E-state index >= 15 is 0 Å². The summed E-state index contributed by atoms with van der Waals surface area (Å²) >= 11 is 0. The van der Waals surface area contributed by atoms with E-state index < -0.39 is 15.8 Å². The van der Waals surface area contributed by atoms with Crippen molar-refractivity contribution in [2.45, 2.75) is 25.2 Å². The van der Waals surface area contributed by atoms with E-state index in [2.05, 4.69) is 0 Å². The lowest BCUT2D eigenvalue weighted by Gasteiger charge is -2.22. The Balaban J connectivity index is 1.74. The summed E-state index contributed by atoms with van der Waals surface area (Å²) in [6.45, 7) is 4.79. The van der Waals surface area contributed by atoms with Crippen molar-refractivity contribution in [1.29, 1.82) is 0 Å². The van der Waals surface area contributed by atoms with Crippen LogP contribution >= 0.6 is 0 Å². The van der Waals surface area contributed by atoms with Crippen LogP contribution in [0.3, 0.4) is 0 Å². The molecule has 6 nitrogen and oxygen atoms in total. The Morgan fingerprint density at radius 1 is 1.08 bits per heavy atom. The maximum absolute atomic E-state index is 13.1. The smallest absolute Gasteiger partial charge is 0.257 e. The highest BCUT2D eigenvalue weighted by Gasteiger charge is 2.29. The van der Waals surface area contributed by atoms with Crippen molar-refractivity contribution < 1.29 is 22.0 Å². The van der Waals surface area contributed by atoms with Crippen LogP contribution < -0.4 is 0 Å². The predicted octanol–water partition coefficient (Wildman–Crippen LogP) is 2.57. The highest BCUT2D eigenvalue weighted by atomic mass is 32.2. The van der Waals surface area contributed by atoms with E-state index in [4.69, 9.17) is 4.42 Å². The van der Waals surface area contributed by atoms with Gasteiger partial charge >= 0.3 is 0 Å². The molecule has 8 heteroatoms. The average molecular weight is 380 g/mol. The molecule has 1 aliphatic rings. The monoisotopic (exact) mass is 380 g/mol. The molecule has 1 amide bonds. The molecule has 1 fully saturated rings. The number of carbonyl (C=O) groups is 1. The zero-order valence-electron chi connectivity index (χ0n) is 14.7. The number of nitrogens with zero attached hydrogens (tertiary/aromatic N) is 2. The molecule has 3 rings (SSSR count). The summed E-state index contributed by atoms with van der Waals surface area (Å²) in [5, 5.41) is 0. The van der Waals surface area contributed by atoms with Gasteiger partial charge in [-0.2, -0.15) is 4.31 Å². The fraction of sp³-hybridized carbons (Fsp3) is 0.389. The number of furan rings is 1. The predicted molar refractivity (Wildman–Crippen MR) is 93.9 cm³/mol. The van der Waals surface area contributed by atoms with Crippen LogP contribution in [0.25, 0.3) is 0 Å². The highest BCUT2D eigenvalue weighted by Crippen LogP contribution is 2.20. The van der Waals surface area contributed by atoms with Crippen LogP contribution in [0.2, 0.25) is 0 Å². The first-order chi connectivity index (χ1) is 12.3. The summed E-state index contributed by atoms with van der Waals surface area (Å²) in [6, 6.07) is 6.48. The number of sulfonamides is 1. The average Bonchev–Trinajstić information content (AvgIpc) is 2.80. The molecule has 0 radical (unpaired) electrons. The van der Waals surface area contributed by atoms with E-state index in [0.717, 1.165) is 12.1 Å². The summed E-state index contributed by atoms with van der Waals surface area (Å²) in [5.41, 5.74) is 0.511. The second-order valence-corrected chi connectivity index (χ2v) is 8.27. The van der Waals surface area contributed by atoms with Crippen LogP contribution in [0, 0.1) is 19.7 Å². The molecule has 0 N–H and O–H groups in total. The van der Waals surface area contributed by atoms with E-state index in [-0.39, 0.29) is 17.3 Å². The molecular formula is C18H21FN2O4S. The summed E-state index contributed by atoms with van der Waals surface area (Å²) in [5.74, 6) is 0.594. The SMILES string of the molecule is Cc1cc(C(=O)N2CCCN(S(=O)(=O)c3ccc(F)cc3)CC2)c(C)o1. The first-order valence-electron chi connectivity index (χ1n) is 8.41. The van der Waals surface area contributed by atoms with Crippen LogP contribution in [0.1, 0.15) is 28.3 Å². The van der Waals surface area contributed by atoms with Gasteiger partial charge in [0.05, 0.1) is 10.5 Å². The van der Waals surface area contributed by atoms with Crippen LogP contribution in [0.15, 0.2) is 39.6 Å². The van der Waals surface area contributed by atoms with Gasteiger partial charge < -0.3 is 9.32 Å². The standard InChI is InChI=1S/C18H21FN2O4S/c1-13-12-17(14(2)25-13)18(22)20-8-3-9-21(11-10-20)26(23,24)16-6-4-15(19)5-7-16/h4-7,12H,3,8-11H2,1-2H3. The Bertz CT molecular complexity index is 906. The van der Waals surface area contributed by atoms with E-state index in [1.807, 2.05) is 0 Å². The molecule has 0 unspecified atom stereocenters. The molecule has 0 saturated carbocycles. The minimum Gasteiger partial charge on any atom is -0.466 e. The first kappa shape index (κ1) is 18.6. The van der Waals surface area contributed by atoms with Crippen molar-refractivity contribution in [3.05, 3.63) is 53.2 Å². The van der Waals surface area contributed by atoms with Crippen LogP contribution in [-0.4, -0.2) is 49.7 Å².